The highest BCUT2D eigenvalue weighted by Crippen LogP contribution is 2.74. The van der Waals surface area contributed by atoms with Gasteiger partial charge in [-0.3, -0.25) is 0 Å². The van der Waals surface area contributed by atoms with Crippen LogP contribution in [0.25, 0.3) is 0 Å². The van der Waals surface area contributed by atoms with Crippen LogP contribution in [-0.2, 0) is 28.9 Å². The molecular weight excluding hydrogens is 787 g/mol. The number of ether oxygens (including phenoxy) is 2. The summed E-state index contributed by atoms with van der Waals surface area (Å²) in [4.78, 5) is 0. The SMILES string of the molecule is CC1(C)O[C@@H](C(c2ccccc2)(c2ccccc2)P(=O)(c2ccccc2)c2ccccc2)[C@H](C(c2ccccc2)(c2ccccc2)P(=O)(c2ccccc2)c2ccccc2)O1. The Morgan fingerprint density at radius 2 is 0.508 bits per heavy atom. The van der Waals surface area contributed by atoms with Gasteiger partial charge in [-0.05, 0) is 36.1 Å². The van der Waals surface area contributed by atoms with Crippen LogP contribution in [0.5, 0.6) is 0 Å². The number of rotatable bonds is 12. The van der Waals surface area contributed by atoms with E-state index in [-0.39, 0.29) is 0 Å². The van der Waals surface area contributed by atoms with E-state index in [4.69, 9.17) is 9.47 Å². The quantitative estimate of drug-likeness (QED) is 0.115. The fourth-order valence-electron chi connectivity index (χ4n) is 9.88. The van der Waals surface area contributed by atoms with E-state index in [0.29, 0.717) is 21.2 Å². The molecule has 1 aliphatic heterocycles. The van der Waals surface area contributed by atoms with E-state index in [0.717, 1.165) is 22.3 Å². The molecule has 302 valence electrons. The van der Waals surface area contributed by atoms with Gasteiger partial charge >= 0.3 is 0 Å². The lowest BCUT2D eigenvalue weighted by atomic mass is 9.75. The van der Waals surface area contributed by atoms with Gasteiger partial charge in [-0.25, -0.2) is 0 Å². The van der Waals surface area contributed by atoms with Crippen molar-refractivity contribution >= 4 is 35.5 Å². The molecule has 0 radical (unpaired) electrons. The molecule has 0 saturated carbocycles. The van der Waals surface area contributed by atoms with Crippen LogP contribution < -0.4 is 21.2 Å². The number of hydrogen-bond donors (Lipinski definition) is 0. The van der Waals surface area contributed by atoms with Gasteiger partial charge in [0.05, 0.1) is 0 Å². The fraction of sp³-hybridized carbons (Fsp3) is 0.127. The smallest absolute Gasteiger partial charge is 0.163 e. The van der Waals surface area contributed by atoms with Gasteiger partial charge in [0.15, 0.2) is 20.1 Å². The second kappa shape index (κ2) is 16.5. The molecule has 0 aliphatic carbocycles. The van der Waals surface area contributed by atoms with Crippen molar-refractivity contribution in [1.82, 2.24) is 0 Å². The van der Waals surface area contributed by atoms with Crippen molar-refractivity contribution in [3.8, 4) is 0 Å². The molecular formula is C55H48O4P2. The first-order valence-electron chi connectivity index (χ1n) is 20.8. The lowest BCUT2D eigenvalue weighted by molar-refractivity contribution is -0.150. The van der Waals surface area contributed by atoms with Crippen molar-refractivity contribution < 1.29 is 18.6 Å². The highest BCUT2D eigenvalue weighted by atomic mass is 31.2. The molecule has 0 spiro atoms. The Bertz CT molecular complexity index is 2410. The Morgan fingerprint density at radius 3 is 0.705 bits per heavy atom. The van der Waals surface area contributed by atoms with Gasteiger partial charge in [-0.1, -0.05) is 243 Å². The van der Waals surface area contributed by atoms with Crippen molar-refractivity contribution in [1.29, 1.82) is 0 Å². The maximum atomic E-state index is 18.0. The molecule has 1 aliphatic rings. The fourth-order valence-corrected chi connectivity index (χ4v) is 17.6. The third kappa shape index (κ3) is 6.53. The molecule has 61 heavy (non-hydrogen) atoms. The maximum absolute atomic E-state index is 18.0. The van der Waals surface area contributed by atoms with E-state index in [1.807, 2.05) is 208 Å². The molecule has 0 bridgehead atoms. The minimum Gasteiger partial charge on any atom is -0.343 e. The molecule has 1 fully saturated rings. The molecule has 0 unspecified atom stereocenters. The largest absolute Gasteiger partial charge is 0.343 e. The van der Waals surface area contributed by atoms with Crippen LogP contribution in [-0.4, -0.2) is 18.0 Å². The molecule has 0 amide bonds. The lowest BCUT2D eigenvalue weighted by Crippen LogP contribution is -2.58. The van der Waals surface area contributed by atoms with E-state index in [2.05, 4.69) is 48.5 Å². The summed E-state index contributed by atoms with van der Waals surface area (Å²) >= 11 is 0. The van der Waals surface area contributed by atoms with Crippen molar-refractivity contribution in [2.45, 2.75) is 42.2 Å². The van der Waals surface area contributed by atoms with Crippen LogP contribution in [0.3, 0.4) is 0 Å². The van der Waals surface area contributed by atoms with E-state index in [9.17, 15) is 0 Å². The highest BCUT2D eigenvalue weighted by molar-refractivity contribution is 7.80. The van der Waals surface area contributed by atoms with Crippen molar-refractivity contribution in [3.63, 3.8) is 0 Å². The van der Waals surface area contributed by atoms with E-state index in [1.54, 1.807) is 0 Å². The molecule has 6 heteroatoms. The minimum absolute atomic E-state index is 0.667. The topological polar surface area (TPSA) is 52.6 Å². The van der Waals surface area contributed by atoms with Gasteiger partial charge in [0.2, 0.25) is 0 Å². The van der Waals surface area contributed by atoms with Gasteiger partial charge in [-0.2, -0.15) is 0 Å². The Hall–Kier alpha value is -5.86. The van der Waals surface area contributed by atoms with Crippen LogP contribution in [0.4, 0.5) is 0 Å². The second-order valence-electron chi connectivity index (χ2n) is 16.0. The van der Waals surface area contributed by atoms with Crippen molar-refractivity contribution in [2.75, 3.05) is 0 Å². The number of hydrogen-bond acceptors (Lipinski definition) is 4. The maximum Gasteiger partial charge on any atom is 0.163 e. The first kappa shape index (κ1) is 40.5. The Kier molecular flexibility index (Phi) is 11.0. The summed E-state index contributed by atoms with van der Waals surface area (Å²) in [5, 5.41) is -0.297. The molecule has 8 aromatic carbocycles. The molecule has 9 rings (SSSR count). The Labute approximate surface area is 359 Å². The van der Waals surface area contributed by atoms with Gasteiger partial charge in [0, 0.05) is 21.2 Å². The standard InChI is InChI=1S/C55H48O4P2/c1-53(2)58-51(54(43-27-11-3-12-28-43,44-29-13-4-14-30-44)60(56,47-35-19-7-20-36-47)48-37-21-8-22-38-48)52(59-53)55(45-31-15-5-16-32-45,46-33-17-6-18-34-46)61(57,49-39-23-9-24-40-49)50-41-25-10-26-42-50/h3-42,51-52H,1-2H3/t51-,52-/m1/s1. The molecule has 1 heterocycles. The van der Waals surface area contributed by atoms with Crippen LogP contribution in [0, 0.1) is 0 Å². The molecule has 1 saturated heterocycles. The highest BCUT2D eigenvalue weighted by Gasteiger charge is 2.71. The third-order valence-corrected chi connectivity index (χ3v) is 19.9. The second-order valence-corrected chi connectivity index (χ2v) is 21.9. The third-order valence-electron chi connectivity index (χ3n) is 12.2. The van der Waals surface area contributed by atoms with E-state index < -0.39 is 42.6 Å². The molecule has 2 atom stereocenters. The predicted octanol–water partition coefficient (Wildman–Crippen LogP) is 11.4. The summed E-state index contributed by atoms with van der Waals surface area (Å²) in [6, 6.07) is 79.8. The number of benzene rings is 8. The normalized spacial score (nSPS) is 16.8. The molecule has 8 aromatic rings. The predicted molar refractivity (Wildman–Crippen MR) is 251 cm³/mol. The first-order chi connectivity index (χ1) is 29.8. The Balaban J connectivity index is 1.53. The Morgan fingerprint density at radius 1 is 0.328 bits per heavy atom. The summed E-state index contributed by atoms with van der Waals surface area (Å²) in [6.45, 7) is 3.85. The van der Waals surface area contributed by atoms with Crippen molar-refractivity contribution in [3.05, 3.63) is 265 Å². The lowest BCUT2D eigenvalue weighted by Gasteiger charge is -2.52. The van der Waals surface area contributed by atoms with Crippen LogP contribution in [0.2, 0.25) is 0 Å². The average Bonchev–Trinajstić information content (AvgIpc) is 3.66. The van der Waals surface area contributed by atoms with Gasteiger partial charge in [0.25, 0.3) is 0 Å². The summed E-state index contributed by atoms with van der Waals surface area (Å²) in [7, 11) is -7.99. The van der Waals surface area contributed by atoms with Gasteiger partial charge in [-0.15, -0.1) is 0 Å². The molecule has 0 aromatic heterocycles. The summed E-state index contributed by atoms with van der Waals surface area (Å²) in [6.07, 6.45) is -2.08. The summed E-state index contributed by atoms with van der Waals surface area (Å²) < 4.78 is 51.2. The zero-order valence-corrected chi connectivity index (χ0v) is 36.1. The zero-order valence-electron chi connectivity index (χ0n) is 34.3. The van der Waals surface area contributed by atoms with Crippen LogP contribution >= 0.6 is 14.3 Å². The monoisotopic (exact) mass is 834 g/mol. The molecule has 0 N–H and O–H groups in total. The minimum atomic E-state index is -4.00. The van der Waals surface area contributed by atoms with Gasteiger partial charge in [0.1, 0.15) is 22.5 Å². The molecule has 4 nitrogen and oxygen atoms in total. The zero-order chi connectivity index (χ0) is 42.0. The van der Waals surface area contributed by atoms with Gasteiger partial charge < -0.3 is 18.6 Å². The summed E-state index contributed by atoms with van der Waals surface area (Å²) in [5.41, 5.74) is 3.16. The van der Waals surface area contributed by atoms with Crippen molar-refractivity contribution in [2.24, 2.45) is 0 Å². The first-order valence-corrected chi connectivity index (χ1v) is 24.2. The van der Waals surface area contributed by atoms with Crippen LogP contribution in [0.15, 0.2) is 243 Å². The van der Waals surface area contributed by atoms with E-state index >= 15 is 9.13 Å². The average molecular weight is 835 g/mol. The van der Waals surface area contributed by atoms with Crippen LogP contribution in [0.1, 0.15) is 36.1 Å². The van der Waals surface area contributed by atoms with E-state index in [1.165, 1.54) is 0 Å². The summed E-state index contributed by atoms with van der Waals surface area (Å²) in [5.74, 6) is -1.25.